The molecule has 0 radical (unpaired) electrons. The Bertz CT molecular complexity index is 1260. The molecule has 1 aromatic carbocycles. The number of imide groups is 1. The van der Waals surface area contributed by atoms with Gasteiger partial charge in [-0.15, -0.1) is 11.3 Å². The maximum absolute atomic E-state index is 13.8. The lowest BCUT2D eigenvalue weighted by Crippen LogP contribution is -2.42. The summed E-state index contributed by atoms with van der Waals surface area (Å²) in [7, 11) is 0. The van der Waals surface area contributed by atoms with E-state index in [2.05, 4.69) is 5.32 Å². The molecular weight excluding hydrogens is 444 g/mol. The van der Waals surface area contributed by atoms with E-state index in [-0.39, 0.29) is 11.5 Å². The van der Waals surface area contributed by atoms with Crippen LogP contribution in [0.1, 0.15) is 42.7 Å². The van der Waals surface area contributed by atoms with Gasteiger partial charge in [0, 0.05) is 4.88 Å². The number of thioether (sulfide) groups is 1. The first-order valence-corrected chi connectivity index (χ1v) is 12.4. The molecule has 0 aliphatic heterocycles. The van der Waals surface area contributed by atoms with E-state index in [1.54, 1.807) is 15.9 Å². The van der Waals surface area contributed by atoms with Crippen molar-refractivity contribution in [2.75, 3.05) is 0 Å². The second-order valence-electron chi connectivity index (χ2n) is 8.40. The summed E-state index contributed by atoms with van der Waals surface area (Å²) in [6.07, 6.45) is 4.05. The van der Waals surface area contributed by atoms with Crippen LogP contribution in [0.3, 0.4) is 0 Å². The highest BCUT2D eigenvalue weighted by Gasteiger charge is 2.29. The van der Waals surface area contributed by atoms with Crippen LogP contribution in [0, 0.1) is 12.8 Å². The van der Waals surface area contributed by atoms with E-state index in [1.165, 1.54) is 16.6 Å². The monoisotopic (exact) mass is 470 g/mol. The van der Waals surface area contributed by atoms with Crippen LogP contribution < -0.4 is 16.6 Å². The van der Waals surface area contributed by atoms with Crippen molar-refractivity contribution in [3.63, 3.8) is 0 Å². The van der Waals surface area contributed by atoms with Crippen LogP contribution in [-0.2, 0) is 17.6 Å². The highest BCUT2D eigenvalue weighted by molar-refractivity contribution is 8.00. The number of hydrogen-bond acceptors (Lipinski definition) is 6. The standard InChI is InChI=1S/C23H26N4O3S2/c1-12(2)18(19(28)25-22(24)30)32-23-26-20-17(15-9-4-5-10-16(15)31-20)21(29)27(23)14-8-6-7-13(3)11-14/h6-8,11-12,18H,4-5,9-10H2,1-3H3,(H3,24,25,28,30)/t18-/m0/s1. The summed E-state index contributed by atoms with van der Waals surface area (Å²) >= 11 is 2.77. The molecule has 1 atom stereocenters. The van der Waals surface area contributed by atoms with Gasteiger partial charge in [-0.25, -0.2) is 9.78 Å². The molecular formula is C23H26N4O3S2. The van der Waals surface area contributed by atoms with Crippen molar-refractivity contribution in [3.8, 4) is 5.69 Å². The van der Waals surface area contributed by atoms with E-state index in [0.717, 1.165) is 36.8 Å². The molecule has 7 nitrogen and oxygen atoms in total. The number of primary amides is 1. The number of fused-ring (bicyclic) bond motifs is 3. The number of nitrogens with one attached hydrogen (secondary N) is 1. The molecule has 9 heteroatoms. The zero-order chi connectivity index (χ0) is 23.0. The molecule has 0 saturated carbocycles. The van der Waals surface area contributed by atoms with Crippen molar-refractivity contribution in [1.82, 2.24) is 14.9 Å². The number of nitrogens with two attached hydrogens (primary N) is 1. The minimum absolute atomic E-state index is 0.111. The second-order valence-corrected chi connectivity index (χ2v) is 10.6. The number of amides is 3. The molecule has 0 unspecified atom stereocenters. The molecule has 4 rings (SSSR count). The summed E-state index contributed by atoms with van der Waals surface area (Å²) in [6, 6.07) is 6.78. The predicted molar refractivity (Wildman–Crippen MR) is 129 cm³/mol. The highest BCUT2D eigenvalue weighted by atomic mass is 32.2. The van der Waals surface area contributed by atoms with Crippen molar-refractivity contribution >= 4 is 45.3 Å². The van der Waals surface area contributed by atoms with Crippen molar-refractivity contribution < 1.29 is 9.59 Å². The Kier molecular flexibility index (Phi) is 6.39. The number of carbonyl (C=O) groups is 2. The average molecular weight is 471 g/mol. The minimum atomic E-state index is -0.897. The number of nitrogens with zero attached hydrogens (tertiary/aromatic N) is 2. The lowest BCUT2D eigenvalue weighted by atomic mass is 9.97. The van der Waals surface area contributed by atoms with Crippen molar-refractivity contribution in [1.29, 1.82) is 0 Å². The van der Waals surface area contributed by atoms with Gasteiger partial charge in [-0.2, -0.15) is 0 Å². The zero-order valence-corrected chi connectivity index (χ0v) is 19.9. The van der Waals surface area contributed by atoms with Crippen LogP contribution in [-0.4, -0.2) is 26.7 Å². The van der Waals surface area contributed by atoms with Gasteiger partial charge in [0.05, 0.1) is 16.3 Å². The predicted octanol–water partition coefficient (Wildman–Crippen LogP) is 3.95. The summed E-state index contributed by atoms with van der Waals surface area (Å²) in [4.78, 5) is 44.6. The Balaban J connectivity index is 1.92. The largest absolute Gasteiger partial charge is 0.351 e. The number of aryl methyl sites for hydroxylation is 3. The molecule has 0 bridgehead atoms. The Labute approximate surface area is 194 Å². The van der Waals surface area contributed by atoms with Crippen LogP contribution in [0.4, 0.5) is 4.79 Å². The van der Waals surface area contributed by atoms with Crippen LogP contribution in [0.15, 0.2) is 34.2 Å². The topological polar surface area (TPSA) is 107 Å². The number of hydrogen-bond donors (Lipinski definition) is 2. The van der Waals surface area contributed by atoms with E-state index in [9.17, 15) is 14.4 Å². The van der Waals surface area contributed by atoms with Gasteiger partial charge < -0.3 is 5.73 Å². The normalized spacial score (nSPS) is 14.4. The van der Waals surface area contributed by atoms with Gasteiger partial charge >= 0.3 is 6.03 Å². The first kappa shape index (κ1) is 22.5. The van der Waals surface area contributed by atoms with Gasteiger partial charge in [0.2, 0.25) is 5.91 Å². The van der Waals surface area contributed by atoms with Gasteiger partial charge in [0.25, 0.3) is 5.56 Å². The molecule has 2 aromatic heterocycles. The molecule has 32 heavy (non-hydrogen) atoms. The summed E-state index contributed by atoms with van der Waals surface area (Å²) < 4.78 is 1.61. The molecule has 0 fully saturated rings. The quantitative estimate of drug-likeness (QED) is 0.434. The molecule has 3 amide bonds. The van der Waals surface area contributed by atoms with Crippen LogP contribution in [0.2, 0.25) is 0 Å². The SMILES string of the molecule is Cc1cccc(-n2c(S[C@H](C(=O)NC(N)=O)C(C)C)nc3sc4c(c3c2=O)CCCC4)c1. The third-order valence-electron chi connectivity index (χ3n) is 5.56. The first-order chi connectivity index (χ1) is 15.3. The molecule has 3 N–H and O–H groups in total. The smallest absolute Gasteiger partial charge is 0.318 e. The van der Waals surface area contributed by atoms with Crippen LogP contribution in [0.25, 0.3) is 15.9 Å². The number of rotatable bonds is 5. The van der Waals surface area contributed by atoms with E-state index in [1.807, 2.05) is 45.0 Å². The fraction of sp³-hybridized carbons (Fsp3) is 0.391. The maximum Gasteiger partial charge on any atom is 0.318 e. The van der Waals surface area contributed by atoms with Crippen molar-refractivity contribution in [2.24, 2.45) is 11.7 Å². The molecule has 0 saturated heterocycles. The average Bonchev–Trinajstić information content (AvgIpc) is 3.09. The van der Waals surface area contributed by atoms with Gasteiger partial charge in [-0.1, -0.05) is 37.7 Å². The lowest BCUT2D eigenvalue weighted by Gasteiger charge is -2.21. The zero-order valence-electron chi connectivity index (χ0n) is 18.3. The molecule has 168 valence electrons. The summed E-state index contributed by atoms with van der Waals surface area (Å²) in [6.45, 7) is 5.74. The first-order valence-electron chi connectivity index (χ1n) is 10.7. The summed E-state index contributed by atoms with van der Waals surface area (Å²) in [5.41, 5.74) is 7.91. The Morgan fingerprint density at radius 1 is 1.25 bits per heavy atom. The van der Waals surface area contributed by atoms with Gasteiger partial charge in [0.15, 0.2) is 5.16 Å². The van der Waals surface area contributed by atoms with Crippen LogP contribution in [0.5, 0.6) is 0 Å². The fourth-order valence-corrected chi connectivity index (χ4v) is 6.47. The minimum Gasteiger partial charge on any atom is -0.351 e. The number of urea groups is 1. The number of aromatic nitrogens is 2. The van der Waals surface area contributed by atoms with Crippen molar-refractivity contribution in [2.45, 2.75) is 56.9 Å². The summed E-state index contributed by atoms with van der Waals surface area (Å²) in [5.74, 6) is -0.609. The Morgan fingerprint density at radius 3 is 2.69 bits per heavy atom. The number of carbonyl (C=O) groups excluding carboxylic acids is 2. The maximum atomic E-state index is 13.8. The molecule has 0 spiro atoms. The van der Waals surface area contributed by atoms with Gasteiger partial charge in [-0.05, 0) is 61.8 Å². The third kappa shape index (κ3) is 4.31. The highest BCUT2D eigenvalue weighted by Crippen LogP contribution is 2.36. The lowest BCUT2D eigenvalue weighted by molar-refractivity contribution is -0.120. The van der Waals surface area contributed by atoms with Gasteiger partial charge in [0.1, 0.15) is 4.83 Å². The van der Waals surface area contributed by atoms with E-state index >= 15 is 0 Å². The number of benzene rings is 1. The molecule has 2 heterocycles. The van der Waals surface area contributed by atoms with Crippen molar-refractivity contribution in [3.05, 3.63) is 50.6 Å². The fourth-order valence-electron chi connectivity index (χ4n) is 4.06. The summed E-state index contributed by atoms with van der Waals surface area (Å²) in [5, 5.41) is 2.66. The second kappa shape index (κ2) is 9.07. The Morgan fingerprint density at radius 2 is 2.00 bits per heavy atom. The van der Waals surface area contributed by atoms with Crippen LogP contribution >= 0.6 is 23.1 Å². The molecule has 1 aliphatic carbocycles. The Hall–Kier alpha value is -2.65. The molecule has 1 aliphatic rings. The van der Waals surface area contributed by atoms with Gasteiger partial charge in [-0.3, -0.25) is 19.5 Å². The third-order valence-corrected chi connectivity index (χ3v) is 8.24. The van der Waals surface area contributed by atoms with E-state index in [0.29, 0.717) is 21.1 Å². The number of thiophene rings is 1. The van der Waals surface area contributed by atoms with E-state index in [4.69, 9.17) is 10.7 Å². The van der Waals surface area contributed by atoms with E-state index < -0.39 is 17.2 Å². The molecule has 3 aromatic rings.